The molecule has 1 aromatic carbocycles. The normalized spacial score (nSPS) is 26.1. The average Bonchev–Trinajstić information content (AvgIpc) is 3.49. The number of nitrogens with one attached hydrogen (secondary N) is 1. The molecule has 5 rings (SSSR count). The third kappa shape index (κ3) is 5.96. The first-order valence-corrected chi connectivity index (χ1v) is 13.0. The van der Waals surface area contributed by atoms with Crippen LogP contribution in [0.3, 0.4) is 0 Å². The van der Waals surface area contributed by atoms with Crippen molar-refractivity contribution in [2.24, 2.45) is 5.92 Å². The second-order valence-corrected chi connectivity index (χ2v) is 10.5. The lowest BCUT2D eigenvalue weighted by atomic mass is 9.90. The summed E-state index contributed by atoms with van der Waals surface area (Å²) < 4.78 is 11.5. The maximum Gasteiger partial charge on any atom is 0.410 e. The van der Waals surface area contributed by atoms with Gasteiger partial charge in [0.15, 0.2) is 0 Å². The number of nitrogens with zero attached hydrogens (tertiary/aromatic N) is 2. The van der Waals surface area contributed by atoms with Gasteiger partial charge in [-0.05, 0) is 37.3 Å². The summed E-state index contributed by atoms with van der Waals surface area (Å²) >= 11 is 0. The van der Waals surface area contributed by atoms with Gasteiger partial charge in [-0.1, -0.05) is 48.1 Å². The molecule has 2 amide bonds. The Morgan fingerprint density at radius 3 is 2.66 bits per heavy atom. The van der Waals surface area contributed by atoms with Crippen LogP contribution in [-0.2, 0) is 20.8 Å². The molecule has 0 radical (unpaired) electrons. The SMILES string of the molecule is Cc1ccc(CN2CCC3(CC2)CN(CC2=CCC(C(=O)NCC4CCCO4)C=C2)C(=O)O3)cc1. The number of amides is 2. The summed E-state index contributed by atoms with van der Waals surface area (Å²) in [4.78, 5) is 29.4. The van der Waals surface area contributed by atoms with Crippen LogP contribution in [0.15, 0.2) is 48.1 Å². The Labute approximate surface area is 208 Å². The van der Waals surface area contributed by atoms with Crippen molar-refractivity contribution in [3.63, 3.8) is 0 Å². The predicted molar refractivity (Wildman–Crippen MR) is 134 cm³/mol. The molecule has 1 aromatic rings. The maximum atomic E-state index is 12.7. The Bertz CT molecular complexity index is 972. The van der Waals surface area contributed by atoms with Crippen LogP contribution >= 0.6 is 0 Å². The Morgan fingerprint density at radius 2 is 1.97 bits per heavy atom. The van der Waals surface area contributed by atoms with E-state index in [0.717, 1.165) is 57.5 Å². The number of ether oxygens (including phenoxy) is 2. The van der Waals surface area contributed by atoms with Crippen LogP contribution in [0.1, 0.15) is 43.2 Å². The molecule has 0 saturated carbocycles. The van der Waals surface area contributed by atoms with Gasteiger partial charge in [0, 0.05) is 52.2 Å². The molecule has 7 nitrogen and oxygen atoms in total. The van der Waals surface area contributed by atoms with Gasteiger partial charge in [-0.25, -0.2) is 4.79 Å². The number of aryl methyl sites for hydroxylation is 1. The molecular weight excluding hydrogens is 442 g/mol. The number of carbonyl (C=O) groups excluding carboxylic acids is 2. The van der Waals surface area contributed by atoms with Crippen molar-refractivity contribution in [1.29, 1.82) is 0 Å². The highest BCUT2D eigenvalue weighted by Crippen LogP contribution is 2.34. The van der Waals surface area contributed by atoms with Crippen molar-refractivity contribution in [3.8, 4) is 0 Å². The van der Waals surface area contributed by atoms with E-state index in [1.165, 1.54) is 11.1 Å². The molecule has 3 aliphatic heterocycles. The number of hydrogen-bond donors (Lipinski definition) is 1. The van der Waals surface area contributed by atoms with Crippen LogP contribution in [0.2, 0.25) is 0 Å². The molecule has 3 saturated heterocycles. The van der Waals surface area contributed by atoms with Crippen molar-refractivity contribution >= 4 is 12.0 Å². The van der Waals surface area contributed by atoms with Gasteiger partial charge in [-0.2, -0.15) is 0 Å². The molecule has 1 aliphatic carbocycles. The van der Waals surface area contributed by atoms with Crippen LogP contribution < -0.4 is 5.32 Å². The average molecular weight is 480 g/mol. The largest absolute Gasteiger partial charge is 0.441 e. The van der Waals surface area contributed by atoms with Crippen molar-refractivity contribution in [1.82, 2.24) is 15.1 Å². The van der Waals surface area contributed by atoms with Crippen molar-refractivity contribution in [2.75, 3.05) is 39.3 Å². The van der Waals surface area contributed by atoms with Gasteiger partial charge < -0.3 is 14.8 Å². The fourth-order valence-electron chi connectivity index (χ4n) is 5.49. The fraction of sp³-hybridized carbons (Fsp3) is 0.571. The molecule has 0 aromatic heterocycles. The fourth-order valence-corrected chi connectivity index (χ4v) is 5.49. The van der Waals surface area contributed by atoms with Gasteiger partial charge in [0.2, 0.25) is 5.91 Å². The first-order chi connectivity index (χ1) is 17.0. The molecule has 4 aliphatic rings. The Morgan fingerprint density at radius 1 is 1.17 bits per heavy atom. The van der Waals surface area contributed by atoms with Crippen LogP contribution in [0.5, 0.6) is 0 Å². The minimum atomic E-state index is -0.371. The van der Waals surface area contributed by atoms with Crippen LogP contribution in [0.4, 0.5) is 4.79 Å². The smallest absolute Gasteiger partial charge is 0.410 e. The zero-order valence-electron chi connectivity index (χ0n) is 20.7. The van der Waals surface area contributed by atoms with Crippen LogP contribution in [0.25, 0.3) is 0 Å². The Kier molecular flexibility index (Phi) is 7.25. The van der Waals surface area contributed by atoms with Crippen LogP contribution in [-0.4, -0.2) is 72.8 Å². The summed E-state index contributed by atoms with van der Waals surface area (Å²) in [6, 6.07) is 8.71. The van der Waals surface area contributed by atoms with E-state index in [9.17, 15) is 9.59 Å². The van der Waals surface area contributed by atoms with Gasteiger partial charge in [0.25, 0.3) is 0 Å². The Hall–Kier alpha value is -2.64. The second-order valence-electron chi connectivity index (χ2n) is 10.5. The van der Waals surface area contributed by atoms with Crippen molar-refractivity contribution in [3.05, 3.63) is 59.2 Å². The molecule has 3 heterocycles. The van der Waals surface area contributed by atoms with E-state index in [1.54, 1.807) is 0 Å². The summed E-state index contributed by atoms with van der Waals surface area (Å²) in [6.45, 7) is 7.46. The molecule has 2 unspecified atom stereocenters. The van der Waals surface area contributed by atoms with Gasteiger partial charge in [-0.3, -0.25) is 14.6 Å². The minimum Gasteiger partial charge on any atom is -0.441 e. The number of carbonyl (C=O) groups is 2. The number of benzene rings is 1. The summed E-state index contributed by atoms with van der Waals surface area (Å²) in [5.74, 6) is -0.112. The topological polar surface area (TPSA) is 71.1 Å². The lowest BCUT2D eigenvalue weighted by Crippen LogP contribution is -2.46. The van der Waals surface area contributed by atoms with E-state index in [-0.39, 0.29) is 29.6 Å². The molecule has 3 fully saturated rings. The van der Waals surface area contributed by atoms with Crippen molar-refractivity contribution < 1.29 is 19.1 Å². The number of piperidine rings is 1. The molecule has 7 heteroatoms. The zero-order valence-corrected chi connectivity index (χ0v) is 20.7. The first kappa shape index (κ1) is 24.1. The molecule has 2 atom stereocenters. The lowest BCUT2D eigenvalue weighted by molar-refractivity contribution is -0.124. The van der Waals surface area contributed by atoms with E-state index in [0.29, 0.717) is 26.1 Å². The minimum absolute atomic E-state index is 0.0454. The second kappa shape index (κ2) is 10.5. The quantitative estimate of drug-likeness (QED) is 0.647. The number of rotatable bonds is 7. The first-order valence-electron chi connectivity index (χ1n) is 13.0. The molecule has 188 valence electrons. The highest BCUT2D eigenvalue weighted by atomic mass is 16.6. The van der Waals surface area contributed by atoms with Gasteiger partial charge in [0.05, 0.1) is 18.6 Å². The van der Waals surface area contributed by atoms with E-state index < -0.39 is 0 Å². The van der Waals surface area contributed by atoms with Crippen molar-refractivity contribution in [2.45, 2.75) is 57.3 Å². The standard InChI is InChI=1S/C28H37N3O4/c1-21-4-6-22(7-5-21)18-30-14-12-28(13-15-30)20-31(27(33)35-28)19-23-8-10-24(11-9-23)26(32)29-17-25-3-2-16-34-25/h4-10,24-25H,2-3,11-20H2,1H3,(H,29,32). The Balaban J connectivity index is 1.07. The molecular formula is C28H37N3O4. The summed E-state index contributed by atoms with van der Waals surface area (Å²) in [6.07, 6.45) is 10.4. The lowest BCUT2D eigenvalue weighted by Gasteiger charge is -2.37. The number of allylic oxidation sites excluding steroid dienone is 1. The number of likely N-dealkylation sites (tertiary alicyclic amines) is 1. The predicted octanol–water partition coefficient (Wildman–Crippen LogP) is 3.58. The summed E-state index contributed by atoms with van der Waals surface area (Å²) in [7, 11) is 0. The van der Waals surface area contributed by atoms with Gasteiger partial charge in [0.1, 0.15) is 5.60 Å². The molecule has 0 bridgehead atoms. The third-order valence-corrected chi connectivity index (χ3v) is 7.75. The van der Waals surface area contributed by atoms with Gasteiger partial charge >= 0.3 is 6.09 Å². The van der Waals surface area contributed by atoms with Gasteiger partial charge in [-0.15, -0.1) is 0 Å². The van der Waals surface area contributed by atoms with Crippen LogP contribution in [0, 0.1) is 12.8 Å². The summed E-state index contributed by atoms with van der Waals surface area (Å²) in [5.41, 5.74) is 3.30. The highest BCUT2D eigenvalue weighted by Gasteiger charge is 2.46. The molecule has 1 N–H and O–H groups in total. The molecule has 35 heavy (non-hydrogen) atoms. The summed E-state index contributed by atoms with van der Waals surface area (Å²) in [5, 5.41) is 3.02. The maximum absolute atomic E-state index is 12.7. The highest BCUT2D eigenvalue weighted by molar-refractivity contribution is 5.81. The van der Waals surface area contributed by atoms with E-state index in [2.05, 4.69) is 47.5 Å². The number of hydrogen-bond acceptors (Lipinski definition) is 5. The molecule has 1 spiro atoms. The third-order valence-electron chi connectivity index (χ3n) is 7.75. The zero-order chi connectivity index (χ0) is 24.3. The van der Waals surface area contributed by atoms with E-state index >= 15 is 0 Å². The monoisotopic (exact) mass is 479 g/mol. The van der Waals surface area contributed by atoms with E-state index in [1.807, 2.05) is 17.1 Å². The van der Waals surface area contributed by atoms with E-state index in [4.69, 9.17) is 9.47 Å².